The number of rotatable bonds is 9. The third-order valence-corrected chi connectivity index (χ3v) is 4.44. The monoisotopic (exact) mass is 399 g/mol. The number of furan rings is 1. The Labute approximate surface area is 168 Å². The van der Waals surface area contributed by atoms with Gasteiger partial charge in [-0.3, -0.25) is 9.48 Å². The van der Waals surface area contributed by atoms with Crippen LogP contribution in [0.15, 0.2) is 59.7 Å². The number of nitrogens with zero attached hydrogens (tertiary/aromatic N) is 2. The number of benzene rings is 1. The minimum atomic E-state index is -0.333. The third kappa shape index (κ3) is 4.84. The molecule has 0 radical (unpaired) electrons. The molecule has 2 aromatic heterocycles. The van der Waals surface area contributed by atoms with Gasteiger partial charge < -0.3 is 14.5 Å². The highest BCUT2D eigenvalue weighted by molar-refractivity contribution is 6.31. The van der Waals surface area contributed by atoms with Gasteiger partial charge in [0.2, 0.25) is 0 Å². The van der Waals surface area contributed by atoms with Crippen LogP contribution in [0.1, 0.15) is 34.5 Å². The fraction of sp³-hybridized carbons (Fsp3) is 0.238. The predicted molar refractivity (Wildman–Crippen MR) is 107 cm³/mol. The molecule has 146 valence electrons. The van der Waals surface area contributed by atoms with Crippen LogP contribution in [0, 0.1) is 0 Å². The fourth-order valence-electron chi connectivity index (χ4n) is 2.67. The topological polar surface area (TPSA) is 69.3 Å². The number of halogens is 1. The Morgan fingerprint density at radius 3 is 2.93 bits per heavy atom. The second-order valence-corrected chi connectivity index (χ2v) is 6.52. The summed E-state index contributed by atoms with van der Waals surface area (Å²) in [5.74, 6) is 1.21. The van der Waals surface area contributed by atoms with E-state index < -0.39 is 0 Å². The summed E-state index contributed by atoms with van der Waals surface area (Å²) in [4.78, 5) is 12.3. The summed E-state index contributed by atoms with van der Waals surface area (Å²) in [5, 5.41) is 7.58. The Morgan fingerprint density at radius 2 is 2.18 bits per heavy atom. The van der Waals surface area contributed by atoms with Crippen molar-refractivity contribution in [2.45, 2.75) is 33.0 Å². The molecule has 1 aromatic carbocycles. The number of aromatic nitrogens is 2. The molecule has 3 rings (SSSR count). The molecule has 1 amide bonds. The van der Waals surface area contributed by atoms with Crippen LogP contribution in [-0.2, 0) is 26.1 Å². The maximum Gasteiger partial charge on any atom is 0.287 e. The first-order valence-corrected chi connectivity index (χ1v) is 9.38. The van der Waals surface area contributed by atoms with E-state index in [1.165, 1.54) is 0 Å². The Morgan fingerprint density at radius 1 is 1.36 bits per heavy atom. The lowest BCUT2D eigenvalue weighted by Crippen LogP contribution is -2.22. The van der Waals surface area contributed by atoms with Gasteiger partial charge in [0.1, 0.15) is 23.8 Å². The van der Waals surface area contributed by atoms with Gasteiger partial charge in [-0.1, -0.05) is 35.9 Å². The van der Waals surface area contributed by atoms with Gasteiger partial charge in [-0.25, -0.2) is 0 Å². The smallest absolute Gasteiger partial charge is 0.287 e. The summed E-state index contributed by atoms with van der Waals surface area (Å²) < 4.78 is 13.1. The van der Waals surface area contributed by atoms with Crippen LogP contribution < -0.4 is 10.1 Å². The van der Waals surface area contributed by atoms with Crippen molar-refractivity contribution >= 4 is 17.5 Å². The second-order valence-electron chi connectivity index (χ2n) is 6.12. The summed E-state index contributed by atoms with van der Waals surface area (Å²) in [6.07, 6.45) is 4.28. The number of para-hydroxylation sites is 1. The molecule has 0 aliphatic heterocycles. The molecule has 1 N–H and O–H groups in total. The highest BCUT2D eigenvalue weighted by Gasteiger charge is 2.14. The lowest BCUT2D eigenvalue weighted by Gasteiger charge is -2.08. The molecule has 0 unspecified atom stereocenters. The molecule has 28 heavy (non-hydrogen) atoms. The van der Waals surface area contributed by atoms with Crippen molar-refractivity contribution in [3.63, 3.8) is 0 Å². The molecule has 0 spiro atoms. The lowest BCUT2D eigenvalue weighted by atomic mass is 10.1. The predicted octanol–water partition coefficient (Wildman–Crippen LogP) is 4.39. The number of nitrogens with one attached hydrogen (secondary N) is 1. The quantitative estimate of drug-likeness (QED) is 0.542. The number of carbonyl (C=O) groups excluding carboxylic acids is 1. The molecule has 0 aliphatic rings. The number of aryl methyl sites for hydroxylation is 1. The first-order valence-electron chi connectivity index (χ1n) is 9.01. The first kappa shape index (κ1) is 19.8. The van der Waals surface area contributed by atoms with E-state index in [9.17, 15) is 4.79 Å². The molecule has 0 aliphatic carbocycles. The SMILES string of the molecule is C=CCc1ccccc1OCc1ccc(C(=O)NCc2nn(CC)cc2Cl)o1. The number of carbonyl (C=O) groups is 1. The van der Waals surface area contributed by atoms with Gasteiger partial charge in [0.05, 0.1) is 11.6 Å². The zero-order valence-corrected chi connectivity index (χ0v) is 16.4. The van der Waals surface area contributed by atoms with Gasteiger partial charge in [0.15, 0.2) is 5.76 Å². The Kier molecular flexibility index (Phi) is 6.55. The van der Waals surface area contributed by atoms with Crippen molar-refractivity contribution in [3.8, 4) is 5.75 Å². The third-order valence-electron chi connectivity index (χ3n) is 4.12. The van der Waals surface area contributed by atoms with Crippen molar-refractivity contribution < 1.29 is 13.9 Å². The molecule has 0 saturated carbocycles. The summed E-state index contributed by atoms with van der Waals surface area (Å²) in [7, 11) is 0. The Balaban J connectivity index is 1.56. The molecule has 0 saturated heterocycles. The largest absolute Gasteiger partial charge is 0.485 e. The molecule has 0 bridgehead atoms. The van der Waals surface area contributed by atoms with Crippen LogP contribution in [-0.4, -0.2) is 15.7 Å². The van der Waals surface area contributed by atoms with Crippen molar-refractivity contribution in [1.29, 1.82) is 0 Å². The van der Waals surface area contributed by atoms with Crippen LogP contribution in [0.2, 0.25) is 5.02 Å². The van der Waals surface area contributed by atoms with Gasteiger partial charge in [-0.2, -0.15) is 5.10 Å². The standard InChI is InChI=1S/C21H22ClN3O3/c1-3-7-15-8-5-6-9-19(15)27-14-16-10-11-20(28-16)21(26)23-12-18-17(22)13-25(4-2)24-18/h3,5-6,8-11,13H,1,4,7,12,14H2,2H3,(H,23,26). The van der Waals surface area contributed by atoms with Crippen molar-refractivity contribution in [2.75, 3.05) is 0 Å². The van der Waals surface area contributed by atoms with E-state index in [-0.39, 0.29) is 24.8 Å². The van der Waals surface area contributed by atoms with Crippen molar-refractivity contribution in [2.24, 2.45) is 0 Å². The number of hydrogen-bond acceptors (Lipinski definition) is 4. The van der Waals surface area contributed by atoms with Crippen LogP contribution in [0.25, 0.3) is 0 Å². The van der Waals surface area contributed by atoms with Gasteiger partial charge >= 0.3 is 0 Å². The van der Waals surface area contributed by atoms with Crippen molar-refractivity contribution in [3.05, 3.63) is 83.1 Å². The molecule has 6 nitrogen and oxygen atoms in total. The van der Waals surface area contributed by atoms with Crippen LogP contribution in [0.5, 0.6) is 5.75 Å². The molecular formula is C21H22ClN3O3. The zero-order chi connectivity index (χ0) is 19.9. The molecule has 0 fully saturated rings. The molecular weight excluding hydrogens is 378 g/mol. The summed E-state index contributed by atoms with van der Waals surface area (Å²) in [6.45, 7) is 6.89. The van der Waals surface area contributed by atoms with Gasteiger partial charge in [-0.15, -0.1) is 6.58 Å². The van der Waals surface area contributed by atoms with Gasteiger partial charge in [-0.05, 0) is 37.1 Å². The first-order chi connectivity index (χ1) is 13.6. The van der Waals surface area contributed by atoms with E-state index >= 15 is 0 Å². The maximum absolute atomic E-state index is 12.3. The van der Waals surface area contributed by atoms with Crippen LogP contribution >= 0.6 is 11.6 Å². The number of hydrogen-bond donors (Lipinski definition) is 1. The van der Waals surface area contributed by atoms with E-state index in [1.54, 1.807) is 23.0 Å². The van der Waals surface area contributed by atoms with E-state index in [2.05, 4.69) is 17.0 Å². The maximum atomic E-state index is 12.3. The lowest BCUT2D eigenvalue weighted by molar-refractivity contribution is 0.0918. The normalized spacial score (nSPS) is 10.6. The summed E-state index contributed by atoms with van der Waals surface area (Å²) in [5.41, 5.74) is 1.66. The second kappa shape index (κ2) is 9.28. The van der Waals surface area contributed by atoms with Crippen molar-refractivity contribution in [1.82, 2.24) is 15.1 Å². The molecule has 2 heterocycles. The van der Waals surface area contributed by atoms with E-state index in [1.807, 2.05) is 37.3 Å². The van der Waals surface area contributed by atoms with E-state index in [0.29, 0.717) is 23.0 Å². The minimum absolute atomic E-state index is 0.212. The highest BCUT2D eigenvalue weighted by Crippen LogP contribution is 2.21. The van der Waals surface area contributed by atoms with Crippen LogP contribution in [0.4, 0.5) is 0 Å². The summed E-state index contributed by atoms with van der Waals surface area (Å²) in [6, 6.07) is 11.1. The Bertz CT molecular complexity index is 961. The van der Waals surface area contributed by atoms with Gasteiger partial charge in [0.25, 0.3) is 5.91 Å². The molecule has 3 aromatic rings. The van der Waals surface area contributed by atoms with Gasteiger partial charge in [0, 0.05) is 12.7 Å². The number of amides is 1. The fourth-order valence-corrected chi connectivity index (χ4v) is 2.88. The number of ether oxygens (including phenoxy) is 1. The van der Waals surface area contributed by atoms with Crippen LogP contribution in [0.3, 0.4) is 0 Å². The minimum Gasteiger partial charge on any atom is -0.485 e. The molecule has 7 heteroatoms. The number of allylic oxidation sites excluding steroid dienone is 1. The average molecular weight is 400 g/mol. The van der Waals surface area contributed by atoms with E-state index in [0.717, 1.165) is 17.7 Å². The average Bonchev–Trinajstić information content (AvgIpc) is 3.32. The Hall–Kier alpha value is -2.99. The zero-order valence-electron chi connectivity index (χ0n) is 15.7. The van der Waals surface area contributed by atoms with E-state index in [4.69, 9.17) is 20.8 Å². The highest BCUT2D eigenvalue weighted by atomic mass is 35.5. The summed E-state index contributed by atoms with van der Waals surface area (Å²) >= 11 is 6.11. The molecule has 0 atom stereocenters.